The fraction of sp³-hybridized carbons (Fsp3) is 0.143. The minimum atomic E-state index is -3.72. The molecule has 0 heterocycles. The summed E-state index contributed by atoms with van der Waals surface area (Å²) in [5, 5.41) is 0.801. The van der Waals surface area contributed by atoms with E-state index in [0.29, 0.717) is 0 Å². The first-order valence-electron chi connectivity index (χ1n) is 3.15. The van der Waals surface area contributed by atoms with Crippen LogP contribution in [0, 0.1) is 6.92 Å². The van der Waals surface area contributed by atoms with Crippen LogP contribution in [0.4, 0.5) is 0 Å². The van der Waals surface area contributed by atoms with E-state index >= 15 is 0 Å². The fourth-order valence-electron chi connectivity index (χ4n) is 0.533. The molecule has 0 saturated carbocycles. The monoisotopic (exact) mass is 260 g/mol. The van der Waals surface area contributed by atoms with Gasteiger partial charge >= 0.3 is 8.26 Å². The lowest BCUT2D eigenvalue weighted by Crippen LogP contribution is -1.66. The Morgan fingerprint density at radius 2 is 1.38 bits per heavy atom. The first-order chi connectivity index (χ1) is 5.79. The second kappa shape index (κ2) is 5.70. The fourth-order valence-corrected chi connectivity index (χ4v) is 0.659. The van der Waals surface area contributed by atoms with Gasteiger partial charge < -0.3 is 0 Å². The molecule has 0 aliphatic carbocycles. The lowest BCUT2D eigenvalue weighted by molar-refractivity contribution is 0.621. The molecule has 0 aliphatic rings. The smallest absolute Gasteiger partial charge is 0.195 e. The van der Waals surface area contributed by atoms with Gasteiger partial charge in [-0.2, -0.15) is 8.42 Å². The van der Waals surface area contributed by atoms with E-state index < -0.39 is 8.26 Å². The molecule has 13 heavy (non-hydrogen) atoms. The number of hydrogen-bond donors (Lipinski definition) is 0. The van der Waals surface area contributed by atoms with E-state index in [1.807, 2.05) is 31.2 Å². The normalized spacial score (nSPS) is 10.2. The maximum atomic E-state index is 9.16. The molecule has 0 atom stereocenters. The Morgan fingerprint density at radius 1 is 1.08 bits per heavy atom. The summed E-state index contributed by atoms with van der Waals surface area (Å²) in [6, 6.07) is 7.75. The maximum absolute atomic E-state index is 9.16. The zero-order valence-electron chi connectivity index (χ0n) is 6.67. The van der Waals surface area contributed by atoms with Crippen molar-refractivity contribution in [2.75, 3.05) is 0 Å². The van der Waals surface area contributed by atoms with Gasteiger partial charge in [-0.3, -0.25) is 0 Å². The van der Waals surface area contributed by atoms with Gasteiger partial charge in [0, 0.05) is 26.4 Å². The summed E-state index contributed by atoms with van der Waals surface area (Å²) in [6.45, 7) is 2.04. The number of rotatable bonds is 0. The Kier molecular flexibility index (Phi) is 5.72. The second-order valence-electron chi connectivity index (χ2n) is 2.17. The van der Waals surface area contributed by atoms with Gasteiger partial charge in [0.15, 0.2) is 0 Å². The quantitative estimate of drug-likeness (QED) is 0.671. The van der Waals surface area contributed by atoms with Crippen LogP contribution in [0.15, 0.2) is 24.3 Å². The molecule has 0 aromatic heterocycles. The third-order valence-corrected chi connectivity index (χ3v) is 1.26. The third-order valence-electron chi connectivity index (χ3n) is 1.01. The molecule has 0 amide bonds. The van der Waals surface area contributed by atoms with Crippen molar-refractivity contribution in [3.63, 3.8) is 0 Å². The van der Waals surface area contributed by atoms with Crippen molar-refractivity contribution in [2.45, 2.75) is 6.92 Å². The molecule has 2 nitrogen and oxygen atoms in total. The largest absolute Gasteiger partial charge is 0.317 e. The van der Waals surface area contributed by atoms with Crippen molar-refractivity contribution in [3.05, 3.63) is 34.9 Å². The molecule has 0 unspecified atom stereocenters. The van der Waals surface area contributed by atoms with E-state index in [-0.39, 0.29) is 0 Å². The van der Waals surface area contributed by atoms with Crippen molar-refractivity contribution in [1.82, 2.24) is 0 Å². The van der Waals surface area contributed by atoms with Crippen molar-refractivity contribution in [2.24, 2.45) is 0 Å². The van der Waals surface area contributed by atoms with Gasteiger partial charge in [-0.25, -0.2) is 0 Å². The molecule has 0 bridgehead atoms. The van der Waals surface area contributed by atoms with Crippen LogP contribution in [0.3, 0.4) is 0 Å². The summed E-state index contributed by atoms with van der Waals surface area (Å²) in [6.07, 6.45) is 0. The highest BCUT2D eigenvalue weighted by Crippen LogP contribution is 2.07. The molecule has 1 aromatic carbocycles. The standard InChI is InChI=1S/C7H7Cl.Cl2O2S/c1-6-2-4-7(8)5-3-6;1-5(2,3)4/h2-5H,1H3;. The number of benzene rings is 1. The average molecular weight is 262 g/mol. The van der Waals surface area contributed by atoms with Gasteiger partial charge in [0.2, 0.25) is 0 Å². The van der Waals surface area contributed by atoms with Crippen LogP contribution in [-0.4, -0.2) is 8.42 Å². The highest BCUT2D eigenvalue weighted by atomic mass is 36.0. The number of halogens is 3. The van der Waals surface area contributed by atoms with Gasteiger partial charge in [0.25, 0.3) is 0 Å². The highest BCUT2D eigenvalue weighted by molar-refractivity contribution is 8.31. The van der Waals surface area contributed by atoms with Gasteiger partial charge in [-0.1, -0.05) is 29.3 Å². The number of aryl methyl sites for hydroxylation is 1. The van der Waals surface area contributed by atoms with Crippen molar-refractivity contribution < 1.29 is 8.42 Å². The summed E-state index contributed by atoms with van der Waals surface area (Å²) >= 11 is 5.61. The molecule has 6 heteroatoms. The summed E-state index contributed by atoms with van der Waals surface area (Å²) < 4.78 is 18.3. The lowest BCUT2D eigenvalue weighted by atomic mass is 10.2. The van der Waals surface area contributed by atoms with Crippen molar-refractivity contribution >= 4 is 41.2 Å². The van der Waals surface area contributed by atoms with Crippen LogP contribution in [-0.2, 0) is 8.26 Å². The molecular formula is C7H7Cl3O2S. The topological polar surface area (TPSA) is 34.1 Å². The molecule has 0 N–H and O–H groups in total. The highest BCUT2D eigenvalue weighted by Gasteiger charge is 1.88. The summed E-state index contributed by atoms with van der Waals surface area (Å²) in [5.74, 6) is 0. The van der Waals surface area contributed by atoms with E-state index in [2.05, 4.69) is 21.4 Å². The van der Waals surface area contributed by atoms with E-state index in [4.69, 9.17) is 20.0 Å². The van der Waals surface area contributed by atoms with Crippen molar-refractivity contribution in [3.8, 4) is 0 Å². The Bertz CT molecular complexity index is 316. The van der Waals surface area contributed by atoms with E-state index in [1.54, 1.807) is 0 Å². The maximum Gasteiger partial charge on any atom is 0.317 e. The summed E-state index contributed by atoms with van der Waals surface area (Å²) in [5.41, 5.74) is 1.24. The molecule has 0 saturated heterocycles. The van der Waals surface area contributed by atoms with E-state index in [9.17, 15) is 0 Å². The second-order valence-corrected chi connectivity index (χ2v) is 6.28. The molecule has 1 aromatic rings. The van der Waals surface area contributed by atoms with Crippen LogP contribution < -0.4 is 0 Å². The predicted molar refractivity (Wildman–Crippen MR) is 56.8 cm³/mol. The van der Waals surface area contributed by atoms with Gasteiger partial charge in [-0.05, 0) is 19.1 Å². The Morgan fingerprint density at radius 3 is 1.62 bits per heavy atom. The Balaban J connectivity index is 0.000000252. The zero-order valence-corrected chi connectivity index (χ0v) is 9.75. The molecule has 0 fully saturated rings. The molecule has 0 spiro atoms. The number of hydrogen-bond acceptors (Lipinski definition) is 2. The van der Waals surface area contributed by atoms with Gasteiger partial charge in [0.1, 0.15) is 0 Å². The van der Waals surface area contributed by atoms with Crippen LogP contribution in [0.2, 0.25) is 5.02 Å². The van der Waals surface area contributed by atoms with Crippen LogP contribution in [0.25, 0.3) is 0 Å². The predicted octanol–water partition coefficient (Wildman–Crippen LogP) is 3.36. The van der Waals surface area contributed by atoms with Crippen molar-refractivity contribution in [1.29, 1.82) is 0 Å². The van der Waals surface area contributed by atoms with E-state index in [0.717, 1.165) is 5.02 Å². The molecule has 1 rings (SSSR count). The SMILES string of the molecule is Cc1ccc(Cl)cc1.O=S(=O)(Cl)Cl. The Labute approximate surface area is 91.3 Å². The minimum Gasteiger partial charge on any atom is -0.195 e. The van der Waals surface area contributed by atoms with Gasteiger partial charge in [-0.15, -0.1) is 0 Å². The van der Waals surface area contributed by atoms with E-state index in [1.165, 1.54) is 5.56 Å². The van der Waals surface area contributed by atoms with Crippen LogP contribution in [0.5, 0.6) is 0 Å². The summed E-state index contributed by atoms with van der Waals surface area (Å²) in [4.78, 5) is 0. The molecule has 0 radical (unpaired) electrons. The molecule has 74 valence electrons. The zero-order chi connectivity index (χ0) is 10.5. The first kappa shape index (κ1) is 13.0. The third kappa shape index (κ3) is 12.0. The Hall–Kier alpha value is 0.0400. The summed E-state index contributed by atoms with van der Waals surface area (Å²) in [7, 11) is 4.81. The van der Waals surface area contributed by atoms with Gasteiger partial charge in [0.05, 0.1) is 0 Å². The first-order valence-corrected chi connectivity index (χ1v) is 6.67. The molecule has 0 aliphatic heterocycles. The average Bonchev–Trinajstić information content (AvgIpc) is 1.92. The minimum absolute atomic E-state index is 0.801. The molecular weight excluding hydrogens is 255 g/mol. The van der Waals surface area contributed by atoms with Crippen LogP contribution in [0.1, 0.15) is 5.56 Å². The lowest BCUT2D eigenvalue weighted by Gasteiger charge is -1.88. The van der Waals surface area contributed by atoms with Crippen LogP contribution >= 0.6 is 33.0 Å².